The number of nitrogens with zero attached hydrogens (tertiary/aromatic N) is 4. The number of pyridine rings is 1. The van der Waals surface area contributed by atoms with Crippen molar-refractivity contribution in [3.05, 3.63) is 109 Å². The van der Waals surface area contributed by atoms with Gasteiger partial charge in [0.25, 0.3) is 11.1 Å². The third-order valence-corrected chi connectivity index (χ3v) is 6.72. The first-order valence-corrected chi connectivity index (χ1v) is 11.7. The second kappa shape index (κ2) is 8.50. The number of halogens is 1. The van der Waals surface area contributed by atoms with Gasteiger partial charge in [0.1, 0.15) is 5.65 Å². The minimum absolute atomic E-state index is 0.132. The number of rotatable bonds is 4. The number of thioether (sulfide) groups is 1. The summed E-state index contributed by atoms with van der Waals surface area (Å²) >= 11 is 7.37. The molecule has 5 rings (SSSR count). The molecule has 2 aromatic carbocycles. The van der Waals surface area contributed by atoms with Crippen LogP contribution in [0, 0.1) is 13.8 Å². The topological polar surface area (TPSA) is 69.3 Å². The van der Waals surface area contributed by atoms with Crippen molar-refractivity contribution in [3.8, 4) is 5.69 Å². The summed E-state index contributed by atoms with van der Waals surface area (Å²) < 4.78 is 3.04. The van der Waals surface area contributed by atoms with Gasteiger partial charge in [0.2, 0.25) is 0 Å². The van der Waals surface area contributed by atoms with Crippen molar-refractivity contribution in [3.63, 3.8) is 0 Å². The van der Waals surface area contributed by atoms with E-state index in [4.69, 9.17) is 16.6 Å². The van der Waals surface area contributed by atoms with Crippen molar-refractivity contribution in [1.29, 1.82) is 0 Å². The third kappa shape index (κ3) is 4.05. The van der Waals surface area contributed by atoms with Crippen LogP contribution in [0.25, 0.3) is 22.2 Å². The van der Waals surface area contributed by atoms with E-state index in [1.165, 1.54) is 22.2 Å². The molecule has 0 saturated carbocycles. The van der Waals surface area contributed by atoms with E-state index in [1.807, 2.05) is 50.2 Å². The van der Waals surface area contributed by atoms with Crippen molar-refractivity contribution in [2.24, 2.45) is 0 Å². The lowest BCUT2D eigenvalue weighted by Gasteiger charge is -2.14. The molecule has 5 aromatic rings. The molecular weight excluding hydrogens is 456 g/mol. The molecule has 164 valence electrons. The molecule has 0 spiro atoms. The Morgan fingerprint density at radius 2 is 1.76 bits per heavy atom. The summed E-state index contributed by atoms with van der Waals surface area (Å²) in [5, 5.41) is 1.56. The highest BCUT2D eigenvalue weighted by Crippen LogP contribution is 2.25. The van der Waals surface area contributed by atoms with Gasteiger partial charge in [-0.25, -0.2) is 9.97 Å². The van der Waals surface area contributed by atoms with E-state index in [0.717, 1.165) is 16.8 Å². The Kier molecular flexibility index (Phi) is 5.52. The van der Waals surface area contributed by atoms with E-state index in [2.05, 4.69) is 4.98 Å². The maximum absolute atomic E-state index is 13.4. The maximum Gasteiger partial charge on any atom is 0.266 e. The van der Waals surface area contributed by atoms with Crippen LogP contribution in [0.3, 0.4) is 0 Å². The lowest BCUT2D eigenvalue weighted by Crippen LogP contribution is -2.22. The second-order valence-electron chi connectivity index (χ2n) is 7.77. The predicted octanol–water partition coefficient (Wildman–Crippen LogP) is 4.96. The van der Waals surface area contributed by atoms with Gasteiger partial charge < -0.3 is 0 Å². The Labute approximate surface area is 198 Å². The fraction of sp³-hybridized carbons (Fsp3) is 0.120. The van der Waals surface area contributed by atoms with Crippen LogP contribution in [0.1, 0.15) is 16.8 Å². The summed E-state index contributed by atoms with van der Waals surface area (Å²) in [7, 11) is 0. The van der Waals surface area contributed by atoms with E-state index in [1.54, 1.807) is 29.0 Å². The molecule has 0 atom stereocenters. The Morgan fingerprint density at radius 1 is 0.939 bits per heavy atom. The molecule has 0 radical (unpaired) electrons. The monoisotopic (exact) mass is 474 g/mol. The Bertz CT molecular complexity index is 1660. The normalized spacial score (nSPS) is 11.4. The molecule has 0 aliphatic heterocycles. The van der Waals surface area contributed by atoms with E-state index in [-0.39, 0.29) is 11.1 Å². The standard InChI is InChI=1S/C25H19ClN4O2S/c1-15-7-9-19(11-16(15)2)30-24(32)20-5-3-4-6-21(20)28-25(30)33-14-18-12-23(31)29-13-17(26)8-10-22(29)27-18/h3-13H,14H2,1-2H3. The van der Waals surface area contributed by atoms with E-state index >= 15 is 0 Å². The highest BCUT2D eigenvalue weighted by molar-refractivity contribution is 7.98. The van der Waals surface area contributed by atoms with Gasteiger partial charge in [0.05, 0.1) is 27.3 Å². The first-order valence-electron chi connectivity index (χ1n) is 10.3. The van der Waals surface area contributed by atoms with Gasteiger partial charge in [-0.3, -0.25) is 18.6 Å². The van der Waals surface area contributed by atoms with Crippen molar-refractivity contribution >= 4 is 39.9 Å². The van der Waals surface area contributed by atoms with Crippen LogP contribution in [0.5, 0.6) is 0 Å². The molecule has 3 aromatic heterocycles. The Balaban J connectivity index is 1.61. The molecule has 8 heteroatoms. The van der Waals surface area contributed by atoms with Gasteiger partial charge in [-0.1, -0.05) is 41.6 Å². The third-order valence-electron chi connectivity index (χ3n) is 5.52. The number of fused-ring (bicyclic) bond motifs is 2. The minimum Gasteiger partial charge on any atom is -0.269 e. The number of aromatic nitrogens is 4. The van der Waals surface area contributed by atoms with Crippen LogP contribution < -0.4 is 11.1 Å². The van der Waals surface area contributed by atoms with Gasteiger partial charge in [-0.15, -0.1) is 0 Å². The lowest BCUT2D eigenvalue weighted by molar-refractivity contribution is 0.817. The zero-order valence-electron chi connectivity index (χ0n) is 17.9. The van der Waals surface area contributed by atoms with Crippen molar-refractivity contribution < 1.29 is 0 Å². The SMILES string of the molecule is Cc1ccc(-n2c(SCc3cc(=O)n4cc(Cl)ccc4n3)nc3ccccc3c2=O)cc1C. The fourth-order valence-electron chi connectivity index (χ4n) is 3.64. The Hall–Kier alpha value is -3.42. The molecule has 33 heavy (non-hydrogen) atoms. The van der Waals surface area contributed by atoms with Crippen LogP contribution in [-0.4, -0.2) is 18.9 Å². The maximum atomic E-state index is 13.4. The largest absolute Gasteiger partial charge is 0.269 e. The van der Waals surface area contributed by atoms with Crippen LogP contribution in [-0.2, 0) is 5.75 Å². The number of para-hydroxylation sites is 1. The van der Waals surface area contributed by atoms with Crippen LogP contribution in [0.15, 0.2) is 81.6 Å². The van der Waals surface area contributed by atoms with Crippen LogP contribution in [0.2, 0.25) is 5.02 Å². The summed E-state index contributed by atoms with van der Waals surface area (Å²) in [6.45, 7) is 4.05. The number of hydrogen-bond donors (Lipinski definition) is 0. The first kappa shape index (κ1) is 21.4. The molecule has 0 amide bonds. The average Bonchev–Trinajstić information content (AvgIpc) is 2.80. The average molecular weight is 475 g/mol. The zero-order valence-corrected chi connectivity index (χ0v) is 19.5. The van der Waals surface area contributed by atoms with Crippen LogP contribution >= 0.6 is 23.4 Å². The fourth-order valence-corrected chi connectivity index (χ4v) is 4.71. The highest BCUT2D eigenvalue weighted by Gasteiger charge is 2.15. The summed E-state index contributed by atoms with van der Waals surface area (Å²) in [5.74, 6) is 0.379. The van der Waals surface area contributed by atoms with Gasteiger partial charge in [-0.2, -0.15) is 0 Å². The van der Waals surface area contributed by atoms with E-state index < -0.39 is 0 Å². The summed E-state index contributed by atoms with van der Waals surface area (Å²) in [4.78, 5) is 35.3. The Morgan fingerprint density at radius 3 is 2.58 bits per heavy atom. The van der Waals surface area contributed by atoms with E-state index in [0.29, 0.717) is 38.2 Å². The molecular formula is C25H19ClN4O2S. The number of aryl methyl sites for hydroxylation is 2. The number of benzene rings is 2. The summed E-state index contributed by atoms with van der Waals surface area (Å²) in [6.07, 6.45) is 1.55. The quantitative estimate of drug-likeness (QED) is 0.272. The molecule has 0 aliphatic carbocycles. The first-order chi connectivity index (χ1) is 15.9. The molecule has 0 fully saturated rings. The molecule has 0 saturated heterocycles. The molecule has 0 aliphatic rings. The second-order valence-corrected chi connectivity index (χ2v) is 9.15. The smallest absolute Gasteiger partial charge is 0.266 e. The van der Waals surface area contributed by atoms with Crippen LogP contribution in [0.4, 0.5) is 0 Å². The summed E-state index contributed by atoms with van der Waals surface area (Å²) in [6, 6.07) is 18.1. The molecule has 0 unspecified atom stereocenters. The highest BCUT2D eigenvalue weighted by atomic mass is 35.5. The summed E-state index contributed by atoms with van der Waals surface area (Å²) in [5.41, 5.74) is 4.39. The zero-order chi connectivity index (χ0) is 23.1. The minimum atomic E-state index is -0.212. The van der Waals surface area contributed by atoms with Crippen molar-refractivity contribution in [2.75, 3.05) is 0 Å². The molecule has 0 N–H and O–H groups in total. The van der Waals surface area contributed by atoms with Gasteiger partial charge in [0.15, 0.2) is 5.16 Å². The van der Waals surface area contributed by atoms with E-state index in [9.17, 15) is 9.59 Å². The lowest BCUT2D eigenvalue weighted by atomic mass is 10.1. The number of hydrogen-bond acceptors (Lipinski definition) is 5. The van der Waals surface area contributed by atoms with Gasteiger partial charge in [0, 0.05) is 18.0 Å². The molecule has 3 heterocycles. The molecule has 0 bridgehead atoms. The van der Waals surface area contributed by atoms with Crippen molar-refractivity contribution in [1.82, 2.24) is 18.9 Å². The molecule has 6 nitrogen and oxygen atoms in total. The van der Waals surface area contributed by atoms with Crippen molar-refractivity contribution in [2.45, 2.75) is 24.8 Å². The van der Waals surface area contributed by atoms with Gasteiger partial charge >= 0.3 is 0 Å². The predicted molar refractivity (Wildman–Crippen MR) is 133 cm³/mol. The van der Waals surface area contributed by atoms with Gasteiger partial charge in [-0.05, 0) is 61.4 Å².